The molecule has 22 heavy (non-hydrogen) atoms. The molecule has 2 aliphatic heterocycles. The summed E-state index contributed by atoms with van der Waals surface area (Å²) in [6.45, 7) is -0.269. The zero-order chi connectivity index (χ0) is 16.4. The van der Waals surface area contributed by atoms with Gasteiger partial charge in [0.1, 0.15) is 38.0 Å². The monoisotopic (exact) mass is 362 g/mol. The van der Waals surface area contributed by atoms with Crippen LogP contribution in [0.2, 0.25) is 0 Å². The van der Waals surface area contributed by atoms with Gasteiger partial charge in [0.25, 0.3) is 20.2 Å². The van der Waals surface area contributed by atoms with Crippen LogP contribution in [0.1, 0.15) is 0 Å². The van der Waals surface area contributed by atoms with E-state index in [1.807, 2.05) is 0 Å². The van der Waals surface area contributed by atoms with Crippen molar-refractivity contribution in [1.29, 1.82) is 0 Å². The molecule has 2 rings (SSSR count). The zero-order valence-corrected chi connectivity index (χ0v) is 13.7. The first-order chi connectivity index (χ1) is 10.2. The minimum atomic E-state index is -3.75. The summed E-state index contributed by atoms with van der Waals surface area (Å²) < 4.78 is 75.8. The molecule has 0 radical (unpaired) electrons. The molecule has 0 aromatic heterocycles. The van der Waals surface area contributed by atoms with Gasteiger partial charge in [-0.2, -0.15) is 16.8 Å². The lowest BCUT2D eigenvalue weighted by Gasteiger charge is -2.40. The van der Waals surface area contributed by atoms with Gasteiger partial charge in [0.2, 0.25) is 0 Å². The highest BCUT2D eigenvalue weighted by atomic mass is 32.2. The van der Waals surface area contributed by atoms with Crippen LogP contribution in [-0.4, -0.2) is 80.6 Å². The number of ether oxygens (including phenoxy) is 4. The molecule has 2 saturated heterocycles. The van der Waals surface area contributed by atoms with Crippen LogP contribution in [0.15, 0.2) is 0 Å². The highest BCUT2D eigenvalue weighted by Crippen LogP contribution is 2.25. The smallest absolute Gasteiger partial charge is 0.264 e. The quantitative estimate of drug-likeness (QED) is 0.529. The fourth-order valence-electron chi connectivity index (χ4n) is 2.21. The van der Waals surface area contributed by atoms with Crippen LogP contribution in [0.4, 0.5) is 0 Å². The average Bonchev–Trinajstić information content (AvgIpc) is 2.36. The predicted molar refractivity (Wildman–Crippen MR) is 70.8 cm³/mol. The van der Waals surface area contributed by atoms with Gasteiger partial charge < -0.3 is 18.9 Å². The molecule has 0 saturated carbocycles. The highest BCUT2D eigenvalue weighted by molar-refractivity contribution is 7.86. The lowest BCUT2D eigenvalue weighted by Crippen LogP contribution is -2.57. The van der Waals surface area contributed by atoms with Crippen LogP contribution in [0.25, 0.3) is 0 Å². The van der Waals surface area contributed by atoms with Crippen molar-refractivity contribution >= 4 is 20.2 Å². The molecule has 0 amide bonds. The molecule has 0 unspecified atom stereocenters. The fraction of sp³-hybridized carbons (Fsp3) is 1.00. The fourth-order valence-corrected chi connectivity index (χ4v) is 3.44. The Balaban J connectivity index is 2.16. The first-order valence-electron chi connectivity index (χ1n) is 6.31. The van der Waals surface area contributed by atoms with Gasteiger partial charge in [-0.05, 0) is 0 Å². The molecule has 4 atom stereocenters. The first-order valence-corrected chi connectivity index (χ1v) is 9.94. The molecule has 0 spiro atoms. The molecule has 0 N–H and O–H groups in total. The maximum atomic E-state index is 11.3. The third-order valence-electron chi connectivity index (χ3n) is 2.91. The molecule has 0 aliphatic carbocycles. The minimum absolute atomic E-state index is 0.0376. The van der Waals surface area contributed by atoms with Gasteiger partial charge in [-0.15, -0.1) is 0 Å². The summed E-state index contributed by atoms with van der Waals surface area (Å²) in [6.07, 6.45) is -1.91. The first kappa shape index (κ1) is 18.0. The van der Waals surface area contributed by atoms with Crippen molar-refractivity contribution in [2.24, 2.45) is 0 Å². The van der Waals surface area contributed by atoms with Gasteiger partial charge in [-0.1, -0.05) is 0 Å². The van der Waals surface area contributed by atoms with Crippen molar-refractivity contribution in [3.63, 3.8) is 0 Å². The van der Waals surface area contributed by atoms with Crippen molar-refractivity contribution < 1.29 is 44.1 Å². The van der Waals surface area contributed by atoms with Crippen LogP contribution in [0.3, 0.4) is 0 Å². The van der Waals surface area contributed by atoms with Crippen LogP contribution >= 0.6 is 0 Å². The second-order valence-corrected chi connectivity index (χ2v) is 8.12. The Morgan fingerprint density at radius 3 is 1.45 bits per heavy atom. The van der Waals surface area contributed by atoms with Gasteiger partial charge in [0.05, 0.1) is 25.7 Å². The Hall–Kier alpha value is -0.340. The van der Waals surface area contributed by atoms with Crippen molar-refractivity contribution in [3.05, 3.63) is 0 Å². The normalized spacial score (nSPS) is 34.5. The van der Waals surface area contributed by atoms with Gasteiger partial charge in [0.15, 0.2) is 0 Å². The topological polar surface area (TPSA) is 124 Å². The molecule has 2 aliphatic rings. The van der Waals surface area contributed by atoms with Gasteiger partial charge >= 0.3 is 0 Å². The van der Waals surface area contributed by atoms with E-state index < -0.39 is 44.7 Å². The Bertz CT molecular complexity index is 519. The minimum Gasteiger partial charge on any atom is -0.353 e. The van der Waals surface area contributed by atoms with E-state index >= 15 is 0 Å². The SMILES string of the molecule is CS(=O)(=O)O[C@H]1COCO[C@@H]1[C@H]1OCOC[C@H]1OS(C)(=O)=O. The Kier molecular flexibility index (Phi) is 5.77. The zero-order valence-electron chi connectivity index (χ0n) is 12.0. The van der Waals surface area contributed by atoms with E-state index in [-0.39, 0.29) is 26.8 Å². The summed E-state index contributed by atoms with van der Waals surface area (Å²) in [5, 5.41) is 0. The van der Waals surface area contributed by atoms with Crippen molar-refractivity contribution in [2.45, 2.75) is 24.4 Å². The molecule has 12 heteroatoms. The van der Waals surface area contributed by atoms with Gasteiger partial charge in [-0.25, -0.2) is 0 Å². The molecule has 0 aromatic carbocycles. The third kappa shape index (κ3) is 5.38. The summed E-state index contributed by atoms with van der Waals surface area (Å²) in [5.74, 6) is 0. The molecule has 2 heterocycles. The van der Waals surface area contributed by atoms with Crippen molar-refractivity contribution in [1.82, 2.24) is 0 Å². The number of hydrogen-bond donors (Lipinski definition) is 0. The second kappa shape index (κ2) is 7.05. The molecule has 10 nitrogen and oxygen atoms in total. The van der Waals surface area contributed by atoms with E-state index in [4.69, 9.17) is 27.3 Å². The van der Waals surface area contributed by atoms with Gasteiger partial charge in [0, 0.05) is 0 Å². The average molecular weight is 362 g/mol. The van der Waals surface area contributed by atoms with E-state index in [2.05, 4.69) is 0 Å². The van der Waals surface area contributed by atoms with Crippen LogP contribution in [0, 0.1) is 0 Å². The molecular formula is C10H18O10S2. The summed E-state index contributed by atoms with van der Waals surface area (Å²) in [7, 11) is -7.51. The Morgan fingerprint density at radius 2 is 1.14 bits per heavy atom. The van der Waals surface area contributed by atoms with Crippen LogP contribution in [-0.2, 0) is 47.5 Å². The van der Waals surface area contributed by atoms with E-state index in [1.165, 1.54) is 0 Å². The van der Waals surface area contributed by atoms with E-state index in [0.29, 0.717) is 0 Å². The van der Waals surface area contributed by atoms with Gasteiger partial charge in [-0.3, -0.25) is 8.37 Å². The van der Waals surface area contributed by atoms with E-state index in [0.717, 1.165) is 12.5 Å². The van der Waals surface area contributed by atoms with Crippen molar-refractivity contribution in [3.8, 4) is 0 Å². The lowest BCUT2D eigenvalue weighted by molar-refractivity contribution is -0.269. The molecular weight excluding hydrogens is 344 g/mol. The molecule has 130 valence electrons. The summed E-state index contributed by atoms with van der Waals surface area (Å²) in [5.41, 5.74) is 0. The predicted octanol–water partition coefficient (Wildman–Crippen LogP) is -1.58. The van der Waals surface area contributed by atoms with Crippen LogP contribution < -0.4 is 0 Å². The number of hydrogen-bond acceptors (Lipinski definition) is 10. The highest BCUT2D eigenvalue weighted by Gasteiger charge is 2.44. The molecule has 0 bridgehead atoms. The largest absolute Gasteiger partial charge is 0.353 e. The lowest BCUT2D eigenvalue weighted by atomic mass is 10.0. The third-order valence-corrected chi connectivity index (χ3v) is 4.10. The Morgan fingerprint density at radius 1 is 0.773 bits per heavy atom. The van der Waals surface area contributed by atoms with E-state index in [9.17, 15) is 16.8 Å². The van der Waals surface area contributed by atoms with E-state index in [1.54, 1.807) is 0 Å². The standard InChI is InChI=1S/C10H18O10S2/c1-21(11,12)19-7-3-15-5-17-9(7)10-8(4-16-6-18-10)20-22(2,13)14/h7-10H,3-6H2,1-2H3/t7-,8+,9-,10-/m0/s1. The number of rotatable bonds is 5. The summed E-state index contributed by atoms with van der Waals surface area (Å²) >= 11 is 0. The molecule has 2 fully saturated rings. The van der Waals surface area contributed by atoms with Crippen molar-refractivity contribution in [2.75, 3.05) is 39.3 Å². The van der Waals surface area contributed by atoms with Crippen LogP contribution in [0.5, 0.6) is 0 Å². The second-order valence-electron chi connectivity index (χ2n) is 4.92. The maximum Gasteiger partial charge on any atom is 0.264 e. The Labute approximate surface area is 128 Å². The summed E-state index contributed by atoms with van der Waals surface area (Å²) in [4.78, 5) is 0. The molecule has 0 aromatic rings. The maximum absolute atomic E-state index is 11.3. The summed E-state index contributed by atoms with van der Waals surface area (Å²) in [6, 6.07) is 0.